The summed E-state index contributed by atoms with van der Waals surface area (Å²) in [5, 5.41) is 4.25. The maximum absolute atomic E-state index is 13.7. The summed E-state index contributed by atoms with van der Waals surface area (Å²) in [6, 6.07) is 13.3. The fourth-order valence-corrected chi connectivity index (χ4v) is 6.06. The van der Waals surface area contributed by atoms with E-state index < -0.39 is 0 Å². The van der Waals surface area contributed by atoms with Gasteiger partial charge in [0.15, 0.2) is 0 Å². The molecule has 1 aliphatic carbocycles. The summed E-state index contributed by atoms with van der Waals surface area (Å²) >= 11 is 0. The molecule has 0 aliphatic heterocycles. The number of carbonyl (C=O) groups excluding carboxylic acids is 1. The number of amides is 1. The molecule has 0 atom stereocenters. The average molecular weight is 510 g/mol. The molecule has 0 saturated carbocycles. The van der Waals surface area contributed by atoms with E-state index in [0.717, 1.165) is 59.1 Å². The van der Waals surface area contributed by atoms with Crippen LogP contribution in [-0.2, 0) is 25.8 Å². The van der Waals surface area contributed by atoms with E-state index in [-0.39, 0.29) is 24.1 Å². The van der Waals surface area contributed by atoms with Crippen molar-refractivity contribution in [2.75, 3.05) is 0 Å². The van der Waals surface area contributed by atoms with E-state index in [4.69, 9.17) is 0 Å². The summed E-state index contributed by atoms with van der Waals surface area (Å²) in [5.74, 6) is -0.150. The van der Waals surface area contributed by atoms with Crippen LogP contribution >= 0.6 is 0 Å². The van der Waals surface area contributed by atoms with Crippen LogP contribution in [0.25, 0.3) is 22.0 Å². The Labute approximate surface area is 225 Å². The number of hydrogen-bond donors (Lipinski definition) is 2. The number of aryl methyl sites for hydroxylation is 5. The van der Waals surface area contributed by atoms with Gasteiger partial charge in [0, 0.05) is 41.0 Å². The third kappa shape index (κ3) is 4.82. The number of fused-ring (bicyclic) bond motifs is 2. The van der Waals surface area contributed by atoms with Crippen LogP contribution in [0.4, 0.5) is 0 Å². The van der Waals surface area contributed by atoms with Gasteiger partial charge >= 0.3 is 0 Å². The number of aromatic amines is 1. The Kier molecular flexibility index (Phi) is 7.29. The van der Waals surface area contributed by atoms with Gasteiger partial charge in [-0.3, -0.25) is 9.59 Å². The van der Waals surface area contributed by atoms with E-state index in [1.165, 1.54) is 29.4 Å². The van der Waals surface area contributed by atoms with Crippen LogP contribution in [0.1, 0.15) is 89.9 Å². The molecule has 0 bridgehead atoms. The molecule has 1 amide bonds. The first-order valence-corrected chi connectivity index (χ1v) is 14.0. The van der Waals surface area contributed by atoms with Gasteiger partial charge in [-0.2, -0.15) is 0 Å². The van der Waals surface area contributed by atoms with Crippen LogP contribution in [-0.4, -0.2) is 15.5 Å². The van der Waals surface area contributed by atoms with Crippen molar-refractivity contribution in [1.29, 1.82) is 0 Å². The lowest BCUT2D eigenvalue weighted by Crippen LogP contribution is -2.29. The van der Waals surface area contributed by atoms with E-state index in [1.807, 2.05) is 19.9 Å². The van der Waals surface area contributed by atoms with E-state index in [9.17, 15) is 9.59 Å². The van der Waals surface area contributed by atoms with Crippen molar-refractivity contribution in [3.8, 4) is 11.1 Å². The second-order valence-electron chi connectivity index (χ2n) is 11.1. The predicted octanol–water partition coefficient (Wildman–Crippen LogP) is 6.96. The number of hydrogen-bond acceptors (Lipinski definition) is 2. The molecular weight excluding hydrogens is 470 g/mol. The summed E-state index contributed by atoms with van der Waals surface area (Å²) in [7, 11) is 0. The fourth-order valence-electron chi connectivity index (χ4n) is 6.06. The molecular formula is C33H39N3O2. The fraction of sp³-hybridized carbons (Fsp3) is 0.394. The number of rotatable bonds is 7. The van der Waals surface area contributed by atoms with Crippen molar-refractivity contribution < 1.29 is 4.79 Å². The molecule has 0 saturated heterocycles. The molecule has 0 fully saturated rings. The monoisotopic (exact) mass is 509 g/mol. The SMILES string of the molecule is CCCc1cc(C)[nH]c(=O)c1CNC(=O)c1cc(-c2ccc3c(c2)CCCC3)c2ccn(C(C)C)c2c1C. The Morgan fingerprint density at radius 2 is 1.82 bits per heavy atom. The molecule has 2 aromatic carbocycles. The number of aromatic nitrogens is 2. The Morgan fingerprint density at radius 1 is 1.05 bits per heavy atom. The summed E-state index contributed by atoms with van der Waals surface area (Å²) in [6.45, 7) is 10.6. The average Bonchev–Trinajstić information content (AvgIpc) is 3.34. The molecule has 2 heterocycles. The summed E-state index contributed by atoms with van der Waals surface area (Å²) < 4.78 is 2.26. The van der Waals surface area contributed by atoms with Gasteiger partial charge < -0.3 is 14.9 Å². The third-order valence-corrected chi connectivity index (χ3v) is 8.02. The topological polar surface area (TPSA) is 66.9 Å². The van der Waals surface area contributed by atoms with Crippen molar-refractivity contribution >= 4 is 16.8 Å². The largest absolute Gasteiger partial charge is 0.348 e. The lowest BCUT2D eigenvalue weighted by Gasteiger charge is -2.19. The molecule has 5 nitrogen and oxygen atoms in total. The normalized spacial score (nSPS) is 13.2. The standard InChI is InChI=1S/C33H39N3O2/c1-6-9-25-16-21(4)35-33(38)30(25)19-34-32(37)28-18-29(26-13-12-23-10-7-8-11-24(23)17-26)27-14-15-36(20(2)3)31(27)22(28)5/h12-18,20H,6-11,19H2,1-5H3,(H,34,37)(H,35,38). The number of benzene rings is 2. The summed E-state index contributed by atoms with van der Waals surface area (Å²) in [4.78, 5) is 29.4. The maximum Gasteiger partial charge on any atom is 0.253 e. The highest BCUT2D eigenvalue weighted by atomic mass is 16.1. The zero-order valence-corrected chi connectivity index (χ0v) is 23.3. The van der Waals surface area contributed by atoms with Crippen molar-refractivity contribution in [2.24, 2.45) is 0 Å². The molecule has 0 unspecified atom stereocenters. The molecule has 0 spiro atoms. The molecule has 4 aromatic rings. The molecule has 0 radical (unpaired) electrons. The molecule has 2 aromatic heterocycles. The van der Waals surface area contributed by atoms with E-state index in [1.54, 1.807) is 0 Å². The van der Waals surface area contributed by atoms with E-state index >= 15 is 0 Å². The van der Waals surface area contributed by atoms with Crippen LogP contribution in [0.3, 0.4) is 0 Å². The van der Waals surface area contributed by atoms with Gasteiger partial charge in [0.05, 0.1) is 5.52 Å². The lowest BCUT2D eigenvalue weighted by atomic mass is 9.87. The first-order valence-electron chi connectivity index (χ1n) is 14.0. The predicted molar refractivity (Wildman–Crippen MR) is 156 cm³/mol. The number of carbonyl (C=O) groups is 1. The number of nitrogens with one attached hydrogen (secondary N) is 2. The number of pyridine rings is 1. The van der Waals surface area contributed by atoms with Crippen LogP contribution in [0.5, 0.6) is 0 Å². The van der Waals surface area contributed by atoms with Crippen molar-refractivity contribution in [1.82, 2.24) is 14.9 Å². The highest BCUT2D eigenvalue weighted by Gasteiger charge is 2.21. The molecule has 1 aliphatic rings. The third-order valence-electron chi connectivity index (χ3n) is 8.02. The first-order chi connectivity index (χ1) is 18.3. The second-order valence-corrected chi connectivity index (χ2v) is 11.1. The van der Waals surface area contributed by atoms with E-state index in [0.29, 0.717) is 11.1 Å². The summed E-state index contributed by atoms with van der Waals surface area (Å²) in [6.07, 6.45) is 8.63. The quantitative estimate of drug-likeness (QED) is 0.283. The van der Waals surface area contributed by atoms with Gasteiger partial charge in [-0.1, -0.05) is 31.5 Å². The Bertz CT molecular complexity index is 1570. The van der Waals surface area contributed by atoms with Gasteiger partial charge in [0.2, 0.25) is 0 Å². The minimum Gasteiger partial charge on any atom is -0.348 e. The maximum atomic E-state index is 13.7. The smallest absolute Gasteiger partial charge is 0.253 e. The summed E-state index contributed by atoms with van der Waals surface area (Å²) in [5.41, 5.74) is 10.2. The Morgan fingerprint density at radius 3 is 2.55 bits per heavy atom. The zero-order valence-electron chi connectivity index (χ0n) is 23.3. The second kappa shape index (κ2) is 10.6. The van der Waals surface area contributed by atoms with Crippen LogP contribution in [0.2, 0.25) is 0 Å². The molecule has 198 valence electrons. The van der Waals surface area contributed by atoms with Crippen LogP contribution in [0.15, 0.2) is 47.4 Å². The lowest BCUT2D eigenvalue weighted by molar-refractivity contribution is 0.0950. The van der Waals surface area contributed by atoms with Crippen LogP contribution < -0.4 is 10.9 Å². The Balaban J connectivity index is 1.58. The van der Waals surface area contributed by atoms with Crippen molar-refractivity contribution in [3.05, 3.63) is 92.0 Å². The van der Waals surface area contributed by atoms with E-state index in [2.05, 4.69) is 72.2 Å². The molecule has 2 N–H and O–H groups in total. The highest BCUT2D eigenvalue weighted by Crippen LogP contribution is 2.37. The first kappa shape index (κ1) is 26.0. The van der Waals surface area contributed by atoms with Gasteiger partial charge in [0.25, 0.3) is 11.5 Å². The van der Waals surface area contributed by atoms with Gasteiger partial charge in [0.1, 0.15) is 0 Å². The molecule has 5 heteroatoms. The van der Waals surface area contributed by atoms with Gasteiger partial charge in [-0.05, 0) is 111 Å². The molecule has 5 rings (SSSR count). The number of H-pyrrole nitrogens is 1. The Hall–Kier alpha value is -3.60. The zero-order chi connectivity index (χ0) is 27.0. The van der Waals surface area contributed by atoms with Crippen LogP contribution in [0, 0.1) is 13.8 Å². The minimum atomic E-state index is -0.150. The number of nitrogens with zero attached hydrogens (tertiary/aromatic N) is 1. The molecule has 38 heavy (non-hydrogen) atoms. The highest BCUT2D eigenvalue weighted by molar-refractivity contribution is 6.06. The van der Waals surface area contributed by atoms with Crippen molar-refractivity contribution in [2.45, 2.75) is 85.7 Å². The van der Waals surface area contributed by atoms with Gasteiger partial charge in [-0.15, -0.1) is 0 Å². The van der Waals surface area contributed by atoms with Crippen molar-refractivity contribution in [3.63, 3.8) is 0 Å². The van der Waals surface area contributed by atoms with Gasteiger partial charge in [-0.25, -0.2) is 0 Å². The minimum absolute atomic E-state index is 0.121.